The third kappa shape index (κ3) is 3.78. The van der Waals surface area contributed by atoms with Crippen LogP contribution in [0, 0.1) is 0 Å². The minimum atomic E-state index is -0.274. The molecule has 2 aromatic rings. The van der Waals surface area contributed by atoms with Gasteiger partial charge in [0.15, 0.2) is 0 Å². The van der Waals surface area contributed by atoms with Gasteiger partial charge in [-0.05, 0) is 36.6 Å². The predicted octanol–water partition coefficient (Wildman–Crippen LogP) is 2.67. The van der Waals surface area contributed by atoms with Crippen molar-refractivity contribution in [2.45, 2.75) is 19.4 Å². The first-order valence-electron chi connectivity index (χ1n) is 9.79. The van der Waals surface area contributed by atoms with E-state index in [1.807, 2.05) is 35.2 Å². The van der Waals surface area contributed by atoms with Crippen LogP contribution in [0.5, 0.6) is 0 Å². The maximum Gasteiger partial charge on any atom is 0.259 e. The van der Waals surface area contributed by atoms with E-state index in [-0.39, 0.29) is 24.3 Å². The van der Waals surface area contributed by atoms with E-state index in [2.05, 4.69) is 11.9 Å². The van der Waals surface area contributed by atoms with Gasteiger partial charge in [0.05, 0.1) is 0 Å². The summed E-state index contributed by atoms with van der Waals surface area (Å²) < 4.78 is 0. The molecule has 2 heterocycles. The molecule has 0 aromatic heterocycles. The third-order valence-electron chi connectivity index (χ3n) is 5.40. The molecule has 0 saturated carbocycles. The van der Waals surface area contributed by atoms with Crippen LogP contribution < -0.4 is 5.32 Å². The number of rotatable bonds is 5. The van der Waals surface area contributed by atoms with Crippen LogP contribution in [0.15, 0.2) is 55.1 Å². The minimum Gasteiger partial charge on any atom is -0.350 e. The van der Waals surface area contributed by atoms with E-state index in [0.29, 0.717) is 23.4 Å². The highest BCUT2D eigenvalue weighted by Crippen LogP contribution is 2.30. The molecular formula is C23H23N3O3. The van der Waals surface area contributed by atoms with Gasteiger partial charge in [-0.3, -0.25) is 19.3 Å². The maximum absolute atomic E-state index is 12.5. The second kappa shape index (κ2) is 7.91. The predicted molar refractivity (Wildman–Crippen MR) is 110 cm³/mol. The molecule has 6 heteroatoms. The Bertz CT molecular complexity index is 957. The summed E-state index contributed by atoms with van der Waals surface area (Å²) >= 11 is 0. The first-order chi connectivity index (χ1) is 14.0. The lowest BCUT2D eigenvalue weighted by atomic mass is 10.1. The van der Waals surface area contributed by atoms with Crippen molar-refractivity contribution in [2.75, 3.05) is 19.6 Å². The number of nitrogens with one attached hydrogen (secondary N) is 1. The number of benzene rings is 2. The molecule has 0 radical (unpaired) electrons. The molecule has 2 aliphatic rings. The molecule has 6 nitrogen and oxygen atoms in total. The van der Waals surface area contributed by atoms with Crippen molar-refractivity contribution in [1.82, 2.24) is 15.1 Å². The van der Waals surface area contributed by atoms with E-state index in [4.69, 9.17) is 0 Å². The fraction of sp³-hybridized carbons (Fsp3) is 0.261. The van der Waals surface area contributed by atoms with Gasteiger partial charge in [0.1, 0.15) is 6.54 Å². The van der Waals surface area contributed by atoms with Crippen molar-refractivity contribution < 1.29 is 14.4 Å². The van der Waals surface area contributed by atoms with E-state index in [1.165, 1.54) is 4.90 Å². The largest absolute Gasteiger partial charge is 0.350 e. The molecule has 0 atom stereocenters. The molecule has 29 heavy (non-hydrogen) atoms. The van der Waals surface area contributed by atoms with Crippen molar-refractivity contribution in [2.24, 2.45) is 0 Å². The van der Waals surface area contributed by atoms with Crippen LogP contribution in [0.25, 0.3) is 5.70 Å². The molecule has 1 fully saturated rings. The lowest BCUT2D eigenvalue weighted by Crippen LogP contribution is -2.36. The average molecular weight is 389 g/mol. The summed E-state index contributed by atoms with van der Waals surface area (Å²) in [6.45, 7) is 5.76. The van der Waals surface area contributed by atoms with Gasteiger partial charge < -0.3 is 10.2 Å². The number of carbonyl (C=O) groups is 3. The van der Waals surface area contributed by atoms with E-state index in [9.17, 15) is 14.4 Å². The third-order valence-corrected chi connectivity index (χ3v) is 5.40. The quantitative estimate of drug-likeness (QED) is 0.855. The van der Waals surface area contributed by atoms with Gasteiger partial charge in [-0.2, -0.15) is 0 Å². The van der Waals surface area contributed by atoms with Crippen LogP contribution in [0.4, 0.5) is 0 Å². The smallest absolute Gasteiger partial charge is 0.259 e. The molecule has 4 rings (SSSR count). The van der Waals surface area contributed by atoms with Crippen molar-refractivity contribution in [3.05, 3.63) is 77.4 Å². The van der Waals surface area contributed by atoms with Crippen LogP contribution in [0.2, 0.25) is 0 Å². The van der Waals surface area contributed by atoms with Crippen molar-refractivity contribution in [1.29, 1.82) is 0 Å². The SMILES string of the molecule is C=C1c2ccccc2C(=O)N1CC(=O)NCc1cccc(C(=O)N2CCCC2)c1. The summed E-state index contributed by atoms with van der Waals surface area (Å²) in [6, 6.07) is 14.5. The fourth-order valence-electron chi connectivity index (χ4n) is 3.82. The van der Waals surface area contributed by atoms with Gasteiger partial charge in [-0.1, -0.05) is 36.9 Å². The molecule has 1 N–H and O–H groups in total. The first-order valence-corrected chi connectivity index (χ1v) is 9.79. The van der Waals surface area contributed by atoms with E-state index in [1.54, 1.807) is 18.2 Å². The van der Waals surface area contributed by atoms with Crippen LogP contribution in [0.1, 0.15) is 44.7 Å². The highest BCUT2D eigenvalue weighted by atomic mass is 16.2. The summed E-state index contributed by atoms with van der Waals surface area (Å²) in [5, 5.41) is 2.83. The van der Waals surface area contributed by atoms with Crippen LogP contribution >= 0.6 is 0 Å². The standard InChI is InChI=1S/C23H23N3O3/c1-16-19-9-2-3-10-20(19)23(29)26(16)15-21(27)24-14-17-7-6-8-18(13-17)22(28)25-11-4-5-12-25/h2-3,6-10,13H,1,4-5,11-12,14-15H2,(H,24,27). The lowest BCUT2D eigenvalue weighted by molar-refractivity contribution is -0.121. The number of hydrogen-bond donors (Lipinski definition) is 1. The second-order valence-corrected chi connectivity index (χ2v) is 7.36. The van der Waals surface area contributed by atoms with Gasteiger partial charge in [0.25, 0.3) is 11.8 Å². The zero-order valence-electron chi connectivity index (χ0n) is 16.2. The summed E-state index contributed by atoms with van der Waals surface area (Å²) in [5.74, 6) is -0.449. The zero-order chi connectivity index (χ0) is 20.4. The van der Waals surface area contributed by atoms with E-state index >= 15 is 0 Å². The van der Waals surface area contributed by atoms with Crippen molar-refractivity contribution >= 4 is 23.4 Å². The summed E-state index contributed by atoms with van der Waals surface area (Å²) in [6.07, 6.45) is 2.09. The minimum absolute atomic E-state index is 0.0346. The first kappa shape index (κ1) is 18.9. The molecule has 1 saturated heterocycles. The van der Waals surface area contributed by atoms with Crippen molar-refractivity contribution in [3.63, 3.8) is 0 Å². The molecular weight excluding hydrogens is 366 g/mol. The van der Waals surface area contributed by atoms with E-state index in [0.717, 1.165) is 37.1 Å². The van der Waals surface area contributed by atoms with Crippen LogP contribution in [-0.2, 0) is 11.3 Å². The molecule has 0 spiro atoms. The Balaban J connectivity index is 1.36. The Morgan fingerprint density at radius 2 is 1.72 bits per heavy atom. The number of likely N-dealkylation sites (tertiary alicyclic amines) is 1. The normalized spacial score (nSPS) is 15.6. The van der Waals surface area contributed by atoms with Gasteiger partial charge in [-0.25, -0.2) is 0 Å². The Morgan fingerprint density at radius 3 is 2.45 bits per heavy atom. The van der Waals surface area contributed by atoms with Crippen molar-refractivity contribution in [3.8, 4) is 0 Å². The van der Waals surface area contributed by atoms with Gasteiger partial charge in [0, 0.05) is 42.0 Å². The fourth-order valence-corrected chi connectivity index (χ4v) is 3.82. The molecule has 148 valence electrons. The van der Waals surface area contributed by atoms with Crippen LogP contribution in [0.3, 0.4) is 0 Å². The molecule has 2 aliphatic heterocycles. The highest BCUT2D eigenvalue weighted by molar-refractivity contribution is 6.10. The molecule has 3 amide bonds. The topological polar surface area (TPSA) is 69.7 Å². The van der Waals surface area contributed by atoms with Gasteiger partial charge in [-0.15, -0.1) is 0 Å². The molecule has 2 aromatic carbocycles. The zero-order valence-corrected chi connectivity index (χ0v) is 16.2. The Hall–Kier alpha value is -3.41. The Kier molecular flexibility index (Phi) is 5.16. The monoisotopic (exact) mass is 389 g/mol. The summed E-state index contributed by atoms with van der Waals surface area (Å²) in [5.41, 5.74) is 3.35. The van der Waals surface area contributed by atoms with E-state index < -0.39 is 0 Å². The maximum atomic E-state index is 12.5. The average Bonchev–Trinajstić information content (AvgIpc) is 3.36. The molecule has 0 bridgehead atoms. The highest BCUT2D eigenvalue weighted by Gasteiger charge is 2.31. The second-order valence-electron chi connectivity index (χ2n) is 7.36. The lowest BCUT2D eigenvalue weighted by Gasteiger charge is -2.17. The van der Waals surface area contributed by atoms with Gasteiger partial charge >= 0.3 is 0 Å². The molecule has 0 aliphatic carbocycles. The van der Waals surface area contributed by atoms with Gasteiger partial charge in [0.2, 0.25) is 5.91 Å². The number of hydrogen-bond acceptors (Lipinski definition) is 3. The number of amides is 3. The number of fused-ring (bicyclic) bond motifs is 1. The summed E-state index contributed by atoms with van der Waals surface area (Å²) in [4.78, 5) is 40.7. The Labute approximate surface area is 169 Å². The molecule has 0 unspecified atom stereocenters. The number of nitrogens with zero attached hydrogens (tertiary/aromatic N) is 2. The summed E-state index contributed by atoms with van der Waals surface area (Å²) in [7, 11) is 0. The number of carbonyl (C=O) groups excluding carboxylic acids is 3. The Morgan fingerprint density at radius 1 is 1.00 bits per heavy atom. The van der Waals surface area contributed by atoms with Crippen LogP contribution in [-0.4, -0.2) is 47.2 Å².